The summed E-state index contributed by atoms with van der Waals surface area (Å²) in [5.74, 6) is -1.29. The number of hydrogen-bond acceptors (Lipinski definition) is 4. The first kappa shape index (κ1) is 15.0. The first-order chi connectivity index (χ1) is 12.5. The van der Waals surface area contributed by atoms with Gasteiger partial charge in [0.2, 0.25) is 5.91 Å². The number of fused-ring (bicyclic) bond motifs is 5. The van der Waals surface area contributed by atoms with Crippen LogP contribution in [-0.4, -0.2) is 28.5 Å². The van der Waals surface area contributed by atoms with Gasteiger partial charge in [-0.1, -0.05) is 42.5 Å². The fourth-order valence-electron chi connectivity index (χ4n) is 4.24. The summed E-state index contributed by atoms with van der Waals surface area (Å²) in [6, 6.07) is 13.5. The van der Waals surface area contributed by atoms with E-state index >= 15 is 0 Å². The van der Waals surface area contributed by atoms with Crippen molar-refractivity contribution in [3.63, 3.8) is 0 Å². The van der Waals surface area contributed by atoms with E-state index in [0.717, 1.165) is 16.5 Å². The number of primary amides is 1. The van der Waals surface area contributed by atoms with Gasteiger partial charge in [-0.3, -0.25) is 19.7 Å². The molecule has 0 fully saturated rings. The Morgan fingerprint density at radius 1 is 1.00 bits per heavy atom. The second-order valence-corrected chi connectivity index (χ2v) is 6.78. The average Bonchev–Trinajstić information content (AvgIpc) is 3.13. The number of carbonyl (C=O) groups is 3. The first-order valence-electron chi connectivity index (χ1n) is 8.39. The van der Waals surface area contributed by atoms with E-state index in [1.165, 1.54) is 0 Å². The van der Waals surface area contributed by atoms with E-state index in [-0.39, 0.29) is 11.6 Å². The lowest BCUT2D eigenvalue weighted by atomic mass is 9.80. The highest BCUT2D eigenvalue weighted by Gasteiger charge is 2.59. The summed E-state index contributed by atoms with van der Waals surface area (Å²) in [4.78, 5) is 41.9. The number of ketones is 2. The van der Waals surface area contributed by atoms with Crippen molar-refractivity contribution in [1.29, 1.82) is 0 Å². The molecule has 6 heteroatoms. The quantitative estimate of drug-likeness (QED) is 0.580. The number of aromatic amines is 1. The first-order valence-corrected chi connectivity index (χ1v) is 8.39. The van der Waals surface area contributed by atoms with Crippen molar-refractivity contribution in [2.24, 2.45) is 5.73 Å². The molecule has 2 aromatic carbocycles. The van der Waals surface area contributed by atoms with Crippen LogP contribution in [0.4, 0.5) is 0 Å². The van der Waals surface area contributed by atoms with Gasteiger partial charge in [0.25, 0.3) is 0 Å². The van der Waals surface area contributed by atoms with Crippen molar-refractivity contribution in [3.05, 3.63) is 70.9 Å². The van der Waals surface area contributed by atoms with Gasteiger partial charge in [0, 0.05) is 22.0 Å². The highest BCUT2D eigenvalue weighted by molar-refractivity contribution is 6.33. The molecule has 2 aliphatic rings. The van der Waals surface area contributed by atoms with Crippen molar-refractivity contribution < 1.29 is 14.4 Å². The SMILES string of the molecule is NC(=O)[C@@H]1Cc2c([nH]c3ccccc23)C2(N1)C(=O)c1ccccc1C2=O. The topological polar surface area (TPSA) is 105 Å². The Labute approximate surface area is 148 Å². The second kappa shape index (κ2) is 4.89. The van der Waals surface area contributed by atoms with Crippen LogP contribution in [0.25, 0.3) is 10.9 Å². The highest BCUT2D eigenvalue weighted by atomic mass is 16.2. The third-order valence-electron chi connectivity index (χ3n) is 5.43. The predicted molar refractivity (Wildman–Crippen MR) is 94.9 cm³/mol. The Hall–Kier alpha value is -3.25. The number of rotatable bonds is 1. The maximum absolute atomic E-state index is 13.3. The van der Waals surface area contributed by atoms with Crippen LogP contribution in [0.15, 0.2) is 48.5 Å². The third kappa shape index (κ3) is 1.66. The molecule has 1 amide bonds. The Bertz CT molecular complexity index is 1090. The molecule has 6 nitrogen and oxygen atoms in total. The molecule has 2 heterocycles. The van der Waals surface area contributed by atoms with Crippen LogP contribution in [0.5, 0.6) is 0 Å². The lowest BCUT2D eigenvalue weighted by molar-refractivity contribution is -0.120. The predicted octanol–water partition coefficient (Wildman–Crippen LogP) is 1.44. The fourth-order valence-corrected chi connectivity index (χ4v) is 4.24. The van der Waals surface area contributed by atoms with Gasteiger partial charge in [-0.15, -0.1) is 0 Å². The number of nitrogens with one attached hydrogen (secondary N) is 2. The summed E-state index contributed by atoms with van der Waals surface area (Å²) in [7, 11) is 0. The van der Waals surface area contributed by atoms with E-state index in [9.17, 15) is 14.4 Å². The van der Waals surface area contributed by atoms with E-state index < -0.39 is 17.5 Å². The lowest BCUT2D eigenvalue weighted by Gasteiger charge is -2.35. The number of carbonyl (C=O) groups excluding carboxylic acids is 3. The summed E-state index contributed by atoms with van der Waals surface area (Å²) in [5.41, 5.74) is 6.77. The molecule has 1 aromatic heterocycles. The van der Waals surface area contributed by atoms with Gasteiger partial charge >= 0.3 is 0 Å². The van der Waals surface area contributed by atoms with Gasteiger partial charge in [0.1, 0.15) is 0 Å². The molecule has 0 saturated carbocycles. The molecule has 0 unspecified atom stereocenters. The average molecular weight is 345 g/mol. The number of H-pyrrole nitrogens is 1. The van der Waals surface area contributed by atoms with Crippen molar-refractivity contribution in [2.75, 3.05) is 0 Å². The standard InChI is InChI=1S/C20H15N3O3/c21-19(26)15-9-13-10-5-3-4-8-14(10)22-16(13)20(23-15)17(24)11-6-1-2-7-12(11)18(20)25/h1-8,15,22-23H,9H2,(H2,21,26)/t15-/m0/s1. The molecule has 4 N–H and O–H groups in total. The summed E-state index contributed by atoms with van der Waals surface area (Å²) in [6.45, 7) is 0. The molecule has 26 heavy (non-hydrogen) atoms. The van der Waals surface area contributed by atoms with E-state index in [0.29, 0.717) is 23.2 Å². The van der Waals surface area contributed by atoms with Crippen LogP contribution in [0.2, 0.25) is 0 Å². The van der Waals surface area contributed by atoms with Crippen molar-refractivity contribution in [2.45, 2.75) is 18.0 Å². The number of Topliss-reactive ketones (excluding diaryl/α,β-unsaturated/α-hetero) is 2. The van der Waals surface area contributed by atoms with Crippen LogP contribution in [0.1, 0.15) is 32.0 Å². The summed E-state index contributed by atoms with van der Waals surface area (Å²) in [5, 5.41) is 3.88. The van der Waals surface area contributed by atoms with Gasteiger partial charge in [0.15, 0.2) is 17.1 Å². The summed E-state index contributed by atoms with van der Waals surface area (Å²) < 4.78 is 0. The van der Waals surface area contributed by atoms with E-state index in [1.54, 1.807) is 24.3 Å². The molecule has 5 rings (SSSR count). The molecule has 0 radical (unpaired) electrons. The normalized spacial score (nSPS) is 20.4. The van der Waals surface area contributed by atoms with Gasteiger partial charge in [-0.25, -0.2) is 0 Å². The minimum atomic E-state index is -1.63. The Morgan fingerprint density at radius 3 is 2.27 bits per heavy atom. The number of nitrogens with two attached hydrogens (primary N) is 1. The Kier molecular flexibility index (Phi) is 2.83. The lowest BCUT2D eigenvalue weighted by Crippen LogP contribution is -2.62. The molecule has 0 saturated heterocycles. The maximum atomic E-state index is 13.3. The summed E-state index contributed by atoms with van der Waals surface area (Å²) >= 11 is 0. The van der Waals surface area contributed by atoms with Gasteiger partial charge in [-0.2, -0.15) is 0 Å². The van der Waals surface area contributed by atoms with Crippen LogP contribution in [0.3, 0.4) is 0 Å². The number of para-hydroxylation sites is 1. The maximum Gasteiger partial charge on any atom is 0.234 e. The molecule has 0 bridgehead atoms. The van der Waals surface area contributed by atoms with Crippen molar-refractivity contribution in [3.8, 4) is 0 Å². The zero-order valence-electron chi connectivity index (χ0n) is 13.7. The van der Waals surface area contributed by atoms with Crippen LogP contribution in [-0.2, 0) is 16.8 Å². The highest BCUT2D eigenvalue weighted by Crippen LogP contribution is 2.43. The van der Waals surface area contributed by atoms with Crippen molar-refractivity contribution >= 4 is 28.4 Å². The molecule has 1 spiro atoms. The van der Waals surface area contributed by atoms with Crippen LogP contribution in [0, 0.1) is 0 Å². The Balaban J connectivity index is 1.84. The van der Waals surface area contributed by atoms with Crippen molar-refractivity contribution in [1.82, 2.24) is 10.3 Å². The molecular weight excluding hydrogens is 330 g/mol. The minimum Gasteiger partial charge on any atom is -0.368 e. The Morgan fingerprint density at radius 2 is 1.62 bits per heavy atom. The second-order valence-electron chi connectivity index (χ2n) is 6.78. The zero-order chi connectivity index (χ0) is 18.1. The number of hydrogen-bond donors (Lipinski definition) is 3. The zero-order valence-corrected chi connectivity index (χ0v) is 13.7. The third-order valence-corrected chi connectivity index (χ3v) is 5.43. The molecule has 1 aliphatic heterocycles. The molecular formula is C20H15N3O3. The summed E-state index contributed by atoms with van der Waals surface area (Å²) in [6.07, 6.45) is 0.327. The molecule has 128 valence electrons. The minimum absolute atomic E-state index is 0.327. The largest absolute Gasteiger partial charge is 0.368 e. The van der Waals surface area contributed by atoms with Gasteiger partial charge in [-0.05, 0) is 18.1 Å². The van der Waals surface area contributed by atoms with E-state index in [1.807, 2.05) is 24.3 Å². The van der Waals surface area contributed by atoms with Crippen LogP contribution >= 0.6 is 0 Å². The van der Waals surface area contributed by atoms with Crippen LogP contribution < -0.4 is 11.1 Å². The fraction of sp³-hybridized carbons (Fsp3) is 0.150. The molecule has 1 atom stereocenters. The van der Waals surface area contributed by atoms with Gasteiger partial charge < -0.3 is 10.7 Å². The molecule has 1 aliphatic carbocycles. The smallest absolute Gasteiger partial charge is 0.234 e. The van der Waals surface area contributed by atoms with E-state index in [4.69, 9.17) is 5.73 Å². The molecule has 3 aromatic rings. The monoisotopic (exact) mass is 345 g/mol. The number of benzene rings is 2. The van der Waals surface area contributed by atoms with E-state index in [2.05, 4.69) is 10.3 Å². The number of aromatic nitrogens is 1. The number of amides is 1. The van der Waals surface area contributed by atoms with Gasteiger partial charge in [0.05, 0.1) is 11.7 Å².